The summed E-state index contributed by atoms with van der Waals surface area (Å²) in [6, 6.07) is 11.5. The maximum absolute atomic E-state index is 13.3. The van der Waals surface area contributed by atoms with Crippen molar-refractivity contribution in [3.8, 4) is 11.4 Å². The van der Waals surface area contributed by atoms with Crippen LogP contribution in [0.4, 0.5) is 11.4 Å². The van der Waals surface area contributed by atoms with E-state index in [0.717, 1.165) is 48.4 Å². The Labute approximate surface area is 202 Å². The number of rotatable bonds is 6. The summed E-state index contributed by atoms with van der Waals surface area (Å²) >= 11 is 6.19. The van der Waals surface area contributed by atoms with E-state index in [1.54, 1.807) is 6.07 Å². The van der Waals surface area contributed by atoms with Crippen LogP contribution in [0.3, 0.4) is 0 Å². The summed E-state index contributed by atoms with van der Waals surface area (Å²) in [6.07, 6.45) is 0. The van der Waals surface area contributed by atoms with Gasteiger partial charge in [-0.25, -0.2) is 4.98 Å². The van der Waals surface area contributed by atoms with Crippen molar-refractivity contribution in [2.45, 2.75) is 19.9 Å². The van der Waals surface area contributed by atoms with Gasteiger partial charge in [0.05, 0.1) is 35.5 Å². The van der Waals surface area contributed by atoms with Gasteiger partial charge in [-0.05, 0) is 42.3 Å². The monoisotopic (exact) mass is 480 g/mol. The molecule has 34 heavy (non-hydrogen) atoms. The Balaban J connectivity index is 1.61. The normalized spacial score (nSPS) is 15.4. The number of imidazole rings is 1. The van der Waals surface area contributed by atoms with Crippen LogP contribution < -0.4 is 21.5 Å². The molecule has 2 aromatic heterocycles. The number of nitrogens with one attached hydrogen (secondary N) is 3. The molecule has 8 nitrogen and oxygen atoms in total. The highest BCUT2D eigenvalue weighted by molar-refractivity contribution is 6.31. The van der Waals surface area contributed by atoms with Gasteiger partial charge in [-0.2, -0.15) is 0 Å². The third-order valence-electron chi connectivity index (χ3n) is 6.43. The minimum absolute atomic E-state index is 0.0683. The third kappa shape index (κ3) is 4.36. The summed E-state index contributed by atoms with van der Waals surface area (Å²) in [5, 5.41) is 4.84. The van der Waals surface area contributed by atoms with Gasteiger partial charge in [0.2, 0.25) is 0 Å². The van der Waals surface area contributed by atoms with Gasteiger partial charge >= 0.3 is 0 Å². The molecule has 0 aliphatic carbocycles. The first-order valence-corrected chi connectivity index (χ1v) is 12.0. The van der Waals surface area contributed by atoms with Crippen LogP contribution in [0.25, 0.3) is 33.3 Å². The Morgan fingerprint density at radius 2 is 1.94 bits per heavy atom. The van der Waals surface area contributed by atoms with E-state index < -0.39 is 0 Å². The fourth-order valence-corrected chi connectivity index (χ4v) is 4.44. The van der Waals surface area contributed by atoms with E-state index >= 15 is 0 Å². The average Bonchev–Trinajstić information content (AvgIpc) is 3.25. The van der Waals surface area contributed by atoms with Gasteiger partial charge in [-0.15, -0.1) is 0 Å². The van der Waals surface area contributed by atoms with Crippen molar-refractivity contribution in [2.75, 3.05) is 43.1 Å². The van der Waals surface area contributed by atoms with Crippen molar-refractivity contribution in [2.24, 2.45) is 11.7 Å². The predicted octanol–water partition coefficient (Wildman–Crippen LogP) is 3.96. The highest BCUT2D eigenvalue weighted by Gasteiger charge is 2.20. The first kappa shape index (κ1) is 22.7. The van der Waals surface area contributed by atoms with Crippen LogP contribution in [0.1, 0.15) is 13.8 Å². The molecule has 178 valence electrons. The number of nitrogens with zero attached hydrogens (tertiary/aromatic N) is 2. The molecule has 0 amide bonds. The first-order valence-electron chi connectivity index (χ1n) is 11.6. The molecule has 0 radical (unpaired) electrons. The van der Waals surface area contributed by atoms with E-state index in [4.69, 9.17) is 27.1 Å². The van der Waals surface area contributed by atoms with E-state index in [1.165, 1.54) is 0 Å². The topological polar surface area (TPSA) is 112 Å². The lowest BCUT2D eigenvalue weighted by Gasteiger charge is -2.28. The number of benzene rings is 2. The molecule has 0 spiro atoms. The molecule has 1 saturated heterocycles. The summed E-state index contributed by atoms with van der Waals surface area (Å²) in [5.74, 6) is 0.802. The van der Waals surface area contributed by atoms with Crippen LogP contribution in [0.2, 0.25) is 5.02 Å². The molecule has 1 aliphatic rings. The number of ether oxygens (including phenoxy) is 1. The molecule has 0 saturated carbocycles. The van der Waals surface area contributed by atoms with Gasteiger partial charge in [0, 0.05) is 41.8 Å². The van der Waals surface area contributed by atoms with E-state index in [0.29, 0.717) is 40.1 Å². The van der Waals surface area contributed by atoms with Gasteiger partial charge in [0.15, 0.2) is 0 Å². The number of H-pyrrole nitrogens is 2. The standard InChI is InChI=1S/C25H29ClN6O2/c1-14(2)18(27)13-28-23-17-5-3-15(26)11-20(17)31-25(33)22(23)24-29-19-6-4-16(12-21(19)30-24)32-7-9-34-10-8-32/h3-6,11-12,14,18H,7-10,13,27H2,1-2H3,(H,29,30)(H2,28,31,33)/t18-/m1/s1. The second kappa shape index (κ2) is 9.29. The van der Waals surface area contributed by atoms with Crippen LogP contribution >= 0.6 is 11.6 Å². The van der Waals surface area contributed by atoms with Gasteiger partial charge < -0.3 is 30.7 Å². The number of halogens is 1. The number of morpholine rings is 1. The molecular weight excluding hydrogens is 452 g/mol. The van der Waals surface area contributed by atoms with Crippen LogP contribution in [0.5, 0.6) is 0 Å². The second-order valence-corrected chi connectivity index (χ2v) is 9.51. The van der Waals surface area contributed by atoms with Crippen LogP contribution in [0, 0.1) is 5.92 Å². The molecule has 5 N–H and O–H groups in total. The largest absolute Gasteiger partial charge is 0.382 e. The third-order valence-corrected chi connectivity index (χ3v) is 6.66. The number of anilines is 2. The molecule has 4 aromatic rings. The summed E-state index contributed by atoms with van der Waals surface area (Å²) in [6.45, 7) is 7.81. The molecule has 0 bridgehead atoms. The second-order valence-electron chi connectivity index (χ2n) is 9.07. The number of aromatic nitrogens is 3. The molecule has 9 heteroatoms. The molecule has 1 fully saturated rings. The molecule has 2 aromatic carbocycles. The Morgan fingerprint density at radius 1 is 1.15 bits per heavy atom. The Morgan fingerprint density at radius 3 is 2.71 bits per heavy atom. The Kier molecular flexibility index (Phi) is 6.20. The lowest BCUT2D eigenvalue weighted by atomic mass is 10.0. The van der Waals surface area contributed by atoms with Gasteiger partial charge in [0.1, 0.15) is 11.4 Å². The molecule has 5 rings (SSSR count). The van der Waals surface area contributed by atoms with Crippen LogP contribution in [-0.4, -0.2) is 53.8 Å². The van der Waals surface area contributed by atoms with Crippen molar-refractivity contribution in [1.82, 2.24) is 15.0 Å². The van der Waals surface area contributed by atoms with Crippen molar-refractivity contribution in [1.29, 1.82) is 0 Å². The Bertz CT molecular complexity index is 1390. The highest BCUT2D eigenvalue weighted by Crippen LogP contribution is 2.33. The van der Waals surface area contributed by atoms with E-state index in [1.807, 2.05) is 18.2 Å². The van der Waals surface area contributed by atoms with Crippen molar-refractivity contribution >= 4 is 44.9 Å². The number of hydrogen-bond donors (Lipinski definition) is 4. The Hall–Kier alpha value is -3.07. The summed E-state index contributed by atoms with van der Waals surface area (Å²) in [5.41, 5.74) is 10.6. The van der Waals surface area contributed by atoms with E-state index in [-0.39, 0.29) is 11.6 Å². The van der Waals surface area contributed by atoms with E-state index in [2.05, 4.69) is 46.2 Å². The van der Waals surface area contributed by atoms with Crippen LogP contribution in [-0.2, 0) is 4.74 Å². The maximum atomic E-state index is 13.3. The average molecular weight is 481 g/mol. The van der Waals surface area contributed by atoms with E-state index in [9.17, 15) is 4.79 Å². The van der Waals surface area contributed by atoms with Crippen LogP contribution in [0.15, 0.2) is 41.2 Å². The SMILES string of the molecule is CC(C)[C@H](N)CNc1c(-c2nc3ccc(N4CCOCC4)cc3[nH]2)c(=O)[nH]c2cc(Cl)ccc12. The molecule has 1 aliphatic heterocycles. The maximum Gasteiger partial charge on any atom is 0.261 e. The molecule has 1 atom stereocenters. The van der Waals surface area contributed by atoms with Crippen molar-refractivity contribution in [3.05, 3.63) is 51.8 Å². The summed E-state index contributed by atoms with van der Waals surface area (Å²) < 4.78 is 5.47. The highest BCUT2D eigenvalue weighted by atomic mass is 35.5. The minimum atomic E-state index is -0.247. The number of hydrogen-bond acceptors (Lipinski definition) is 6. The quantitative estimate of drug-likeness (QED) is 0.332. The number of aromatic amines is 2. The number of pyridine rings is 1. The zero-order valence-electron chi connectivity index (χ0n) is 19.3. The summed E-state index contributed by atoms with van der Waals surface area (Å²) in [4.78, 5) is 26.7. The summed E-state index contributed by atoms with van der Waals surface area (Å²) in [7, 11) is 0. The van der Waals surface area contributed by atoms with Gasteiger partial charge in [0.25, 0.3) is 5.56 Å². The zero-order valence-corrected chi connectivity index (χ0v) is 20.1. The molecular formula is C25H29ClN6O2. The lowest BCUT2D eigenvalue weighted by Crippen LogP contribution is -2.36. The van der Waals surface area contributed by atoms with Crippen molar-refractivity contribution < 1.29 is 4.74 Å². The number of nitrogens with two attached hydrogens (primary N) is 1. The number of fused-ring (bicyclic) bond motifs is 2. The fourth-order valence-electron chi connectivity index (χ4n) is 4.27. The fraction of sp³-hybridized carbons (Fsp3) is 0.360. The predicted molar refractivity (Wildman–Crippen MR) is 139 cm³/mol. The molecule has 3 heterocycles. The van der Waals surface area contributed by atoms with Gasteiger partial charge in [-0.3, -0.25) is 4.79 Å². The minimum Gasteiger partial charge on any atom is -0.382 e. The lowest BCUT2D eigenvalue weighted by molar-refractivity contribution is 0.122. The smallest absolute Gasteiger partial charge is 0.261 e. The first-order chi connectivity index (χ1) is 16.4. The molecule has 0 unspecified atom stereocenters. The van der Waals surface area contributed by atoms with Crippen molar-refractivity contribution in [3.63, 3.8) is 0 Å². The van der Waals surface area contributed by atoms with Gasteiger partial charge in [-0.1, -0.05) is 25.4 Å². The zero-order chi connectivity index (χ0) is 23.8.